The SMILES string of the molecule is Cc1nnc(NC(=O)c2csc(CCN)n2)s1.Cl. The third-order valence-electron chi connectivity index (χ3n) is 1.89. The largest absolute Gasteiger partial charge is 0.330 e. The zero-order chi connectivity index (χ0) is 12.3. The molecule has 0 aliphatic heterocycles. The van der Waals surface area contributed by atoms with Crippen LogP contribution in [0.5, 0.6) is 0 Å². The molecule has 2 aromatic heterocycles. The number of nitrogens with zero attached hydrogens (tertiary/aromatic N) is 3. The number of aryl methyl sites for hydroxylation is 1. The van der Waals surface area contributed by atoms with E-state index in [9.17, 15) is 4.79 Å². The molecule has 0 aliphatic rings. The quantitative estimate of drug-likeness (QED) is 0.892. The first-order valence-electron chi connectivity index (χ1n) is 4.95. The maximum Gasteiger partial charge on any atom is 0.276 e. The number of nitrogens with two attached hydrogens (primary N) is 1. The lowest BCUT2D eigenvalue weighted by Gasteiger charge is -1.96. The van der Waals surface area contributed by atoms with Crippen molar-refractivity contribution < 1.29 is 4.79 Å². The highest BCUT2D eigenvalue weighted by atomic mass is 35.5. The van der Waals surface area contributed by atoms with E-state index < -0.39 is 0 Å². The molecule has 0 saturated heterocycles. The molecule has 98 valence electrons. The number of carbonyl (C=O) groups is 1. The summed E-state index contributed by atoms with van der Waals surface area (Å²) in [6.07, 6.45) is 0.690. The summed E-state index contributed by atoms with van der Waals surface area (Å²) in [5.74, 6) is -0.263. The minimum atomic E-state index is -0.263. The van der Waals surface area contributed by atoms with Crippen LogP contribution in [0.15, 0.2) is 5.38 Å². The Hall–Kier alpha value is -1.09. The van der Waals surface area contributed by atoms with Crippen molar-refractivity contribution >= 4 is 46.1 Å². The van der Waals surface area contributed by atoms with Gasteiger partial charge in [0.05, 0.1) is 5.01 Å². The van der Waals surface area contributed by atoms with Gasteiger partial charge in [-0.15, -0.1) is 33.9 Å². The van der Waals surface area contributed by atoms with Crippen molar-refractivity contribution in [3.63, 3.8) is 0 Å². The minimum absolute atomic E-state index is 0. The van der Waals surface area contributed by atoms with Gasteiger partial charge in [0.15, 0.2) is 0 Å². The molecular formula is C9H12ClN5OS2. The van der Waals surface area contributed by atoms with E-state index in [2.05, 4.69) is 20.5 Å². The molecule has 0 spiro atoms. The molecule has 9 heteroatoms. The van der Waals surface area contributed by atoms with E-state index in [1.165, 1.54) is 22.7 Å². The Labute approximate surface area is 118 Å². The standard InChI is InChI=1S/C9H11N5OS2.ClH/c1-5-13-14-9(17-5)12-8(15)6-4-16-7(11-6)2-3-10;/h4H,2-3,10H2,1H3,(H,12,14,15);1H. The van der Waals surface area contributed by atoms with Crippen LogP contribution in [0.25, 0.3) is 0 Å². The number of amides is 1. The molecule has 18 heavy (non-hydrogen) atoms. The second-order valence-corrected chi connectivity index (χ2v) is 5.37. The summed E-state index contributed by atoms with van der Waals surface area (Å²) in [5.41, 5.74) is 5.82. The second kappa shape index (κ2) is 6.74. The smallest absolute Gasteiger partial charge is 0.276 e. The molecule has 0 aliphatic carbocycles. The highest BCUT2D eigenvalue weighted by Gasteiger charge is 2.12. The monoisotopic (exact) mass is 305 g/mol. The Bertz CT molecular complexity index is 527. The van der Waals surface area contributed by atoms with Crippen molar-refractivity contribution in [3.05, 3.63) is 21.1 Å². The summed E-state index contributed by atoms with van der Waals surface area (Å²) in [6.45, 7) is 2.36. The van der Waals surface area contributed by atoms with E-state index in [0.717, 1.165) is 10.0 Å². The molecule has 3 N–H and O–H groups in total. The number of hydrogen-bond donors (Lipinski definition) is 2. The van der Waals surface area contributed by atoms with Gasteiger partial charge in [-0.25, -0.2) is 4.98 Å². The normalized spacial score (nSPS) is 9.89. The van der Waals surface area contributed by atoms with Crippen LogP contribution >= 0.6 is 35.1 Å². The molecule has 0 radical (unpaired) electrons. The summed E-state index contributed by atoms with van der Waals surface area (Å²) >= 11 is 2.76. The highest BCUT2D eigenvalue weighted by Crippen LogP contribution is 2.16. The lowest BCUT2D eigenvalue weighted by Crippen LogP contribution is -2.12. The predicted molar refractivity (Wildman–Crippen MR) is 74.7 cm³/mol. The first-order valence-corrected chi connectivity index (χ1v) is 6.64. The molecule has 0 unspecified atom stereocenters. The minimum Gasteiger partial charge on any atom is -0.330 e. The molecule has 2 aromatic rings. The predicted octanol–water partition coefficient (Wildman–Crippen LogP) is 1.48. The average molecular weight is 306 g/mol. The second-order valence-electron chi connectivity index (χ2n) is 3.25. The molecule has 6 nitrogen and oxygen atoms in total. The van der Waals surface area contributed by atoms with E-state index in [0.29, 0.717) is 23.8 Å². The molecule has 0 saturated carbocycles. The van der Waals surface area contributed by atoms with Crippen molar-refractivity contribution in [2.45, 2.75) is 13.3 Å². The Morgan fingerprint density at radius 3 is 2.89 bits per heavy atom. The van der Waals surface area contributed by atoms with Crippen LogP contribution in [0.1, 0.15) is 20.5 Å². The number of halogens is 1. The van der Waals surface area contributed by atoms with Gasteiger partial charge in [0.25, 0.3) is 5.91 Å². The first-order chi connectivity index (χ1) is 8.19. The number of nitrogens with one attached hydrogen (secondary N) is 1. The summed E-state index contributed by atoms with van der Waals surface area (Å²) in [6, 6.07) is 0. The van der Waals surface area contributed by atoms with Crippen LogP contribution in [0.3, 0.4) is 0 Å². The van der Waals surface area contributed by atoms with Gasteiger partial charge in [0.1, 0.15) is 10.7 Å². The molecule has 0 bridgehead atoms. The number of aromatic nitrogens is 3. The number of hydrogen-bond acceptors (Lipinski definition) is 7. The van der Waals surface area contributed by atoms with E-state index in [1.807, 2.05) is 6.92 Å². The van der Waals surface area contributed by atoms with Gasteiger partial charge in [0, 0.05) is 11.8 Å². The van der Waals surface area contributed by atoms with Crippen molar-refractivity contribution in [1.82, 2.24) is 15.2 Å². The Morgan fingerprint density at radius 2 is 2.28 bits per heavy atom. The summed E-state index contributed by atoms with van der Waals surface area (Å²) in [5, 5.41) is 14.2. The van der Waals surface area contributed by atoms with Gasteiger partial charge in [0.2, 0.25) is 5.13 Å². The van der Waals surface area contributed by atoms with E-state index in [1.54, 1.807) is 5.38 Å². The van der Waals surface area contributed by atoms with E-state index in [4.69, 9.17) is 5.73 Å². The third kappa shape index (κ3) is 3.70. The lowest BCUT2D eigenvalue weighted by atomic mass is 10.4. The van der Waals surface area contributed by atoms with Gasteiger partial charge in [-0.3, -0.25) is 10.1 Å². The highest BCUT2D eigenvalue weighted by molar-refractivity contribution is 7.15. The summed E-state index contributed by atoms with van der Waals surface area (Å²) < 4.78 is 0. The lowest BCUT2D eigenvalue weighted by molar-refractivity contribution is 0.102. The number of carbonyl (C=O) groups excluding carboxylic acids is 1. The molecule has 2 heterocycles. The zero-order valence-electron chi connectivity index (χ0n) is 9.54. The van der Waals surface area contributed by atoms with Gasteiger partial charge >= 0.3 is 0 Å². The van der Waals surface area contributed by atoms with Crippen molar-refractivity contribution in [1.29, 1.82) is 0 Å². The van der Waals surface area contributed by atoms with Gasteiger partial charge < -0.3 is 5.73 Å². The van der Waals surface area contributed by atoms with Crippen LogP contribution in [0, 0.1) is 6.92 Å². The average Bonchev–Trinajstić information content (AvgIpc) is 2.88. The molecule has 2 rings (SSSR count). The van der Waals surface area contributed by atoms with Gasteiger partial charge in [-0.2, -0.15) is 0 Å². The fourth-order valence-corrected chi connectivity index (χ4v) is 2.54. The van der Waals surface area contributed by atoms with Crippen LogP contribution in [0.4, 0.5) is 5.13 Å². The topological polar surface area (TPSA) is 93.8 Å². The van der Waals surface area contributed by atoms with E-state index >= 15 is 0 Å². The third-order valence-corrected chi connectivity index (χ3v) is 3.55. The molecular weight excluding hydrogens is 294 g/mol. The van der Waals surface area contributed by atoms with Crippen molar-refractivity contribution in [2.75, 3.05) is 11.9 Å². The van der Waals surface area contributed by atoms with Crippen molar-refractivity contribution in [3.8, 4) is 0 Å². The first kappa shape index (κ1) is 15.0. The Balaban J connectivity index is 0.00000162. The van der Waals surface area contributed by atoms with Crippen LogP contribution in [-0.4, -0.2) is 27.6 Å². The zero-order valence-corrected chi connectivity index (χ0v) is 12.0. The molecule has 0 atom stereocenters. The van der Waals surface area contributed by atoms with Gasteiger partial charge in [-0.1, -0.05) is 11.3 Å². The van der Waals surface area contributed by atoms with Crippen LogP contribution in [-0.2, 0) is 6.42 Å². The fourth-order valence-electron chi connectivity index (χ4n) is 1.16. The maximum atomic E-state index is 11.8. The summed E-state index contributed by atoms with van der Waals surface area (Å²) in [7, 11) is 0. The van der Waals surface area contributed by atoms with Crippen molar-refractivity contribution in [2.24, 2.45) is 5.73 Å². The van der Waals surface area contributed by atoms with Crippen LogP contribution < -0.4 is 11.1 Å². The number of thiazole rings is 1. The summed E-state index contributed by atoms with van der Waals surface area (Å²) in [4.78, 5) is 16.0. The maximum absolute atomic E-state index is 11.8. The molecule has 0 fully saturated rings. The van der Waals surface area contributed by atoms with Crippen LogP contribution in [0.2, 0.25) is 0 Å². The fraction of sp³-hybridized carbons (Fsp3) is 0.333. The number of anilines is 1. The Kier molecular flexibility index (Phi) is 5.60. The van der Waals surface area contributed by atoms with Gasteiger partial charge in [-0.05, 0) is 13.5 Å². The Morgan fingerprint density at radius 1 is 1.50 bits per heavy atom. The molecule has 0 aromatic carbocycles. The molecule has 1 amide bonds. The van der Waals surface area contributed by atoms with E-state index in [-0.39, 0.29) is 18.3 Å². The number of rotatable bonds is 4.